The van der Waals surface area contributed by atoms with Crippen molar-refractivity contribution in [3.05, 3.63) is 46.9 Å². The van der Waals surface area contributed by atoms with Crippen molar-refractivity contribution in [1.29, 1.82) is 0 Å². The molecule has 0 saturated carbocycles. The molecule has 0 aliphatic heterocycles. The minimum atomic E-state index is -0.0996. The van der Waals surface area contributed by atoms with Gasteiger partial charge in [0.2, 0.25) is 0 Å². The highest BCUT2D eigenvalue weighted by Crippen LogP contribution is 2.35. The van der Waals surface area contributed by atoms with Crippen molar-refractivity contribution in [3.8, 4) is 0 Å². The minimum Gasteiger partial charge on any atom is -0.340 e. The van der Waals surface area contributed by atoms with Crippen molar-refractivity contribution < 1.29 is 0 Å². The molecule has 0 radical (unpaired) electrons. The van der Waals surface area contributed by atoms with Crippen LogP contribution in [0.25, 0.3) is 22.2 Å². The van der Waals surface area contributed by atoms with Crippen LogP contribution in [0.2, 0.25) is 0 Å². The van der Waals surface area contributed by atoms with Gasteiger partial charge in [-0.25, -0.2) is 9.97 Å². The van der Waals surface area contributed by atoms with Crippen LogP contribution in [0.3, 0.4) is 0 Å². The molecular weight excluding hydrogens is 342 g/mol. The molecule has 0 aliphatic rings. The first-order chi connectivity index (χ1) is 12.2. The number of nitrogens with one attached hydrogen (secondary N) is 1. The smallest absolute Gasteiger partial charge is 0.177 e. The number of fused-ring (bicyclic) bond motifs is 2. The molecule has 4 heterocycles. The van der Waals surface area contributed by atoms with E-state index in [0.29, 0.717) is 0 Å². The molecule has 4 rings (SSSR count). The maximum atomic E-state index is 4.81. The molecule has 134 valence electrons. The fourth-order valence-electron chi connectivity index (χ4n) is 3.15. The van der Waals surface area contributed by atoms with Crippen molar-refractivity contribution in [3.63, 3.8) is 0 Å². The van der Waals surface area contributed by atoms with Gasteiger partial charge in [-0.05, 0) is 42.2 Å². The Labute approximate surface area is 157 Å². The summed E-state index contributed by atoms with van der Waals surface area (Å²) in [4.78, 5) is 18.6. The van der Waals surface area contributed by atoms with Crippen molar-refractivity contribution >= 4 is 33.7 Å². The molecule has 5 nitrogen and oxygen atoms in total. The van der Waals surface area contributed by atoms with Gasteiger partial charge in [0, 0.05) is 22.7 Å². The molecule has 0 atom stereocenters. The Morgan fingerprint density at radius 3 is 2.62 bits per heavy atom. The number of aromatic nitrogens is 5. The van der Waals surface area contributed by atoms with Crippen LogP contribution in [0.15, 0.2) is 30.5 Å². The van der Waals surface area contributed by atoms with Gasteiger partial charge >= 0.3 is 0 Å². The summed E-state index contributed by atoms with van der Waals surface area (Å²) in [5.74, 6) is 0.967. The van der Waals surface area contributed by atoms with Gasteiger partial charge in [0.15, 0.2) is 5.65 Å². The van der Waals surface area contributed by atoms with Crippen molar-refractivity contribution in [2.45, 2.75) is 51.9 Å². The maximum absolute atomic E-state index is 4.81. The lowest BCUT2D eigenvalue weighted by atomic mass is 9.85. The molecule has 0 amide bonds. The van der Waals surface area contributed by atoms with Crippen LogP contribution in [0.4, 0.5) is 0 Å². The molecular formula is C20H23N5S. The summed E-state index contributed by atoms with van der Waals surface area (Å²) in [5, 5.41) is 0. The van der Waals surface area contributed by atoms with Crippen LogP contribution >= 0.6 is 11.5 Å². The molecule has 0 bridgehead atoms. The van der Waals surface area contributed by atoms with Crippen molar-refractivity contribution in [1.82, 2.24) is 24.3 Å². The fourth-order valence-corrected chi connectivity index (χ4v) is 4.05. The Kier molecular flexibility index (Phi) is 3.84. The van der Waals surface area contributed by atoms with Crippen LogP contribution < -0.4 is 0 Å². The van der Waals surface area contributed by atoms with Gasteiger partial charge in [0.25, 0.3) is 0 Å². The number of hydrogen-bond acceptors (Lipinski definition) is 5. The number of rotatable bonds is 3. The molecule has 1 N–H and O–H groups in total. The highest BCUT2D eigenvalue weighted by Gasteiger charge is 2.28. The zero-order chi connectivity index (χ0) is 18.5. The van der Waals surface area contributed by atoms with E-state index in [2.05, 4.69) is 61.1 Å². The van der Waals surface area contributed by atoms with Gasteiger partial charge in [0.1, 0.15) is 16.9 Å². The predicted molar refractivity (Wildman–Crippen MR) is 107 cm³/mol. The van der Waals surface area contributed by atoms with E-state index in [0.717, 1.165) is 40.1 Å². The number of hydrogen-bond donors (Lipinski definition) is 1. The molecule has 4 aromatic rings. The highest BCUT2D eigenvalue weighted by atomic mass is 32.1. The van der Waals surface area contributed by atoms with Crippen LogP contribution in [0.5, 0.6) is 0 Å². The lowest BCUT2D eigenvalue weighted by Crippen LogP contribution is -2.20. The van der Waals surface area contributed by atoms with E-state index in [1.165, 1.54) is 16.4 Å². The summed E-state index contributed by atoms with van der Waals surface area (Å²) >= 11 is 1.54. The van der Waals surface area contributed by atoms with E-state index >= 15 is 0 Å². The molecule has 4 aromatic heterocycles. The Morgan fingerprint density at radius 1 is 1.04 bits per heavy atom. The van der Waals surface area contributed by atoms with E-state index in [1.807, 2.05) is 18.3 Å². The Hall–Kier alpha value is -2.34. The average molecular weight is 366 g/mol. The molecule has 0 spiro atoms. The standard InChI is InChI=1S/C20H23N5S/c1-19(2,3)18-23-14-9-8-12(22-17(14)24-18)11-20(4,5)16-15-13(25-26-16)7-6-10-21-15/h6-10H,11H2,1-5H3,(H,22,23,24). The SMILES string of the molecule is CC(C)(C)c1nc2nc(CC(C)(C)c3snc4cccnc34)ccc2[nH]1. The van der Waals surface area contributed by atoms with Crippen LogP contribution in [-0.2, 0) is 17.3 Å². The average Bonchev–Trinajstić information content (AvgIpc) is 3.18. The third kappa shape index (κ3) is 2.98. The summed E-state index contributed by atoms with van der Waals surface area (Å²) in [6.45, 7) is 10.9. The fraction of sp³-hybridized carbons (Fsp3) is 0.400. The molecule has 6 heteroatoms. The Morgan fingerprint density at radius 2 is 1.85 bits per heavy atom. The topological polar surface area (TPSA) is 67.3 Å². The molecule has 0 aliphatic carbocycles. The number of H-pyrrole nitrogens is 1. The third-order valence-corrected chi connectivity index (χ3v) is 5.80. The number of nitrogens with zero attached hydrogens (tertiary/aromatic N) is 4. The van der Waals surface area contributed by atoms with Gasteiger partial charge in [0.05, 0.1) is 10.4 Å². The summed E-state index contributed by atoms with van der Waals surface area (Å²) < 4.78 is 4.55. The van der Waals surface area contributed by atoms with E-state index in [-0.39, 0.29) is 10.8 Å². The zero-order valence-electron chi connectivity index (χ0n) is 15.8. The second kappa shape index (κ2) is 5.84. The highest BCUT2D eigenvalue weighted by molar-refractivity contribution is 7.07. The zero-order valence-corrected chi connectivity index (χ0v) is 16.6. The number of imidazole rings is 1. The molecule has 0 fully saturated rings. The number of aromatic amines is 1. The monoisotopic (exact) mass is 365 g/mol. The molecule has 0 saturated heterocycles. The van der Waals surface area contributed by atoms with Gasteiger partial charge < -0.3 is 4.98 Å². The quantitative estimate of drug-likeness (QED) is 0.567. The lowest BCUT2D eigenvalue weighted by molar-refractivity contribution is 0.529. The third-order valence-electron chi connectivity index (χ3n) is 4.59. The van der Waals surface area contributed by atoms with Gasteiger partial charge in [-0.2, -0.15) is 4.37 Å². The molecule has 26 heavy (non-hydrogen) atoms. The normalized spacial score (nSPS) is 13.0. The summed E-state index contributed by atoms with van der Waals surface area (Å²) in [5.41, 5.74) is 4.65. The van der Waals surface area contributed by atoms with Crippen LogP contribution in [-0.4, -0.2) is 24.3 Å². The summed E-state index contributed by atoms with van der Waals surface area (Å²) in [6, 6.07) is 8.11. The van der Waals surface area contributed by atoms with Gasteiger partial charge in [-0.15, -0.1) is 0 Å². The number of pyridine rings is 2. The van der Waals surface area contributed by atoms with E-state index < -0.39 is 0 Å². The van der Waals surface area contributed by atoms with Crippen LogP contribution in [0, 0.1) is 0 Å². The first-order valence-corrected chi connectivity index (χ1v) is 9.58. The lowest BCUT2D eigenvalue weighted by Gasteiger charge is -2.22. The predicted octanol–water partition coefficient (Wildman–Crippen LogP) is 4.78. The first kappa shape index (κ1) is 17.1. The first-order valence-electron chi connectivity index (χ1n) is 8.81. The molecule has 0 aromatic carbocycles. The Balaban J connectivity index is 1.69. The summed E-state index contributed by atoms with van der Waals surface area (Å²) in [7, 11) is 0. The van der Waals surface area contributed by atoms with Gasteiger partial charge in [-0.3, -0.25) is 4.98 Å². The molecule has 0 unspecified atom stereocenters. The maximum Gasteiger partial charge on any atom is 0.177 e. The largest absolute Gasteiger partial charge is 0.340 e. The second-order valence-electron chi connectivity index (χ2n) is 8.45. The Bertz CT molecular complexity index is 1080. The van der Waals surface area contributed by atoms with E-state index in [9.17, 15) is 0 Å². The van der Waals surface area contributed by atoms with E-state index in [4.69, 9.17) is 9.97 Å². The second-order valence-corrected chi connectivity index (χ2v) is 9.23. The van der Waals surface area contributed by atoms with Gasteiger partial charge in [-0.1, -0.05) is 34.6 Å². The van der Waals surface area contributed by atoms with Crippen LogP contribution in [0.1, 0.15) is 51.0 Å². The minimum absolute atomic E-state index is 0.0205. The summed E-state index contributed by atoms with van der Waals surface area (Å²) in [6.07, 6.45) is 2.65. The van der Waals surface area contributed by atoms with Crippen molar-refractivity contribution in [2.24, 2.45) is 0 Å². The van der Waals surface area contributed by atoms with E-state index in [1.54, 1.807) is 0 Å². The van der Waals surface area contributed by atoms with Crippen molar-refractivity contribution in [2.75, 3.05) is 0 Å².